The first-order chi connectivity index (χ1) is 8.24. The second-order valence-corrected chi connectivity index (χ2v) is 9.12. The normalized spacial score (nSPS) is 13.8. The van der Waals surface area contributed by atoms with Crippen LogP contribution in [0, 0.1) is 0 Å². The average molecular weight is 279 g/mol. The van der Waals surface area contributed by atoms with Crippen LogP contribution in [0.2, 0.25) is 0 Å². The summed E-state index contributed by atoms with van der Waals surface area (Å²) in [6.45, 7) is 20.4. The topological polar surface area (TPSA) is 0 Å². The van der Waals surface area contributed by atoms with Gasteiger partial charge >= 0.3 is 0 Å². The Morgan fingerprint density at radius 3 is 1.16 bits per heavy atom. The van der Waals surface area contributed by atoms with Gasteiger partial charge in [-0.3, -0.25) is 0 Å². The van der Waals surface area contributed by atoms with Gasteiger partial charge in [0.15, 0.2) is 0 Å². The Bertz CT molecular complexity index is 427. The van der Waals surface area contributed by atoms with Gasteiger partial charge in [0, 0.05) is 4.90 Å². The standard InChI is InChI=1S/C18H30S/c1-16(2,3)12-10-13(17(4,5)6)15(19)14(11-12)18(7,8)9/h10-11,19H,1-9H3. The van der Waals surface area contributed by atoms with Crippen molar-refractivity contribution in [3.63, 3.8) is 0 Å². The van der Waals surface area contributed by atoms with Crippen molar-refractivity contribution in [2.45, 2.75) is 83.5 Å². The van der Waals surface area contributed by atoms with E-state index in [2.05, 4.69) is 74.4 Å². The number of benzene rings is 1. The van der Waals surface area contributed by atoms with Crippen LogP contribution in [-0.2, 0) is 16.2 Å². The largest absolute Gasteiger partial charge is 0.143 e. The number of thiol groups is 1. The van der Waals surface area contributed by atoms with Crippen LogP contribution >= 0.6 is 12.6 Å². The average Bonchev–Trinajstić information content (AvgIpc) is 2.11. The summed E-state index contributed by atoms with van der Waals surface area (Å²) >= 11 is 4.84. The van der Waals surface area contributed by atoms with Crippen molar-refractivity contribution < 1.29 is 0 Å². The Morgan fingerprint density at radius 1 is 0.632 bits per heavy atom. The maximum absolute atomic E-state index is 4.84. The first kappa shape index (κ1) is 16.6. The molecule has 0 saturated heterocycles. The van der Waals surface area contributed by atoms with Crippen LogP contribution in [0.5, 0.6) is 0 Å². The molecule has 0 atom stereocenters. The van der Waals surface area contributed by atoms with E-state index in [1.807, 2.05) is 0 Å². The molecule has 0 heterocycles. The molecule has 0 amide bonds. The molecule has 0 aliphatic carbocycles. The lowest BCUT2D eigenvalue weighted by Gasteiger charge is -2.32. The van der Waals surface area contributed by atoms with E-state index < -0.39 is 0 Å². The predicted molar refractivity (Wildman–Crippen MR) is 89.8 cm³/mol. The van der Waals surface area contributed by atoms with Crippen LogP contribution in [0.3, 0.4) is 0 Å². The van der Waals surface area contributed by atoms with E-state index in [1.165, 1.54) is 16.7 Å². The van der Waals surface area contributed by atoms with E-state index in [0.717, 1.165) is 4.90 Å². The number of hydrogen-bond acceptors (Lipinski definition) is 1. The smallest absolute Gasteiger partial charge is 0.0115 e. The number of rotatable bonds is 0. The van der Waals surface area contributed by atoms with Gasteiger partial charge in [0.05, 0.1) is 0 Å². The molecule has 19 heavy (non-hydrogen) atoms. The zero-order valence-electron chi connectivity index (χ0n) is 14.1. The van der Waals surface area contributed by atoms with E-state index in [4.69, 9.17) is 12.6 Å². The Labute approximate surface area is 125 Å². The van der Waals surface area contributed by atoms with Gasteiger partial charge in [-0.1, -0.05) is 74.4 Å². The summed E-state index contributed by atoms with van der Waals surface area (Å²) in [7, 11) is 0. The fourth-order valence-electron chi connectivity index (χ4n) is 2.21. The van der Waals surface area contributed by atoms with E-state index in [1.54, 1.807) is 0 Å². The molecule has 0 aliphatic heterocycles. The Kier molecular flexibility index (Phi) is 4.23. The molecule has 0 aliphatic rings. The van der Waals surface area contributed by atoms with Crippen molar-refractivity contribution in [1.29, 1.82) is 0 Å². The highest BCUT2D eigenvalue weighted by molar-refractivity contribution is 7.80. The molecule has 0 radical (unpaired) electrons. The van der Waals surface area contributed by atoms with E-state index in [-0.39, 0.29) is 16.2 Å². The van der Waals surface area contributed by atoms with Crippen LogP contribution in [0.15, 0.2) is 17.0 Å². The lowest BCUT2D eigenvalue weighted by atomic mass is 9.75. The minimum atomic E-state index is 0.123. The van der Waals surface area contributed by atoms with Crippen molar-refractivity contribution in [3.8, 4) is 0 Å². The first-order valence-corrected chi connectivity index (χ1v) is 7.58. The molecule has 108 valence electrons. The highest BCUT2D eigenvalue weighted by Gasteiger charge is 2.27. The van der Waals surface area contributed by atoms with Crippen LogP contribution in [0.1, 0.15) is 79.0 Å². The maximum Gasteiger partial charge on any atom is 0.0115 e. The fraction of sp³-hybridized carbons (Fsp3) is 0.667. The maximum atomic E-state index is 4.84. The molecule has 1 rings (SSSR count). The van der Waals surface area contributed by atoms with Gasteiger partial charge in [0.2, 0.25) is 0 Å². The molecule has 1 aromatic carbocycles. The quantitative estimate of drug-likeness (QED) is 0.564. The van der Waals surface area contributed by atoms with Crippen molar-refractivity contribution in [2.24, 2.45) is 0 Å². The van der Waals surface area contributed by atoms with Gasteiger partial charge in [0.25, 0.3) is 0 Å². The third-order valence-electron chi connectivity index (χ3n) is 3.59. The fourth-order valence-corrected chi connectivity index (χ4v) is 3.01. The summed E-state index contributed by atoms with van der Waals surface area (Å²) in [5.74, 6) is 0. The summed E-state index contributed by atoms with van der Waals surface area (Å²) in [4.78, 5) is 1.16. The monoisotopic (exact) mass is 278 g/mol. The Balaban J connectivity index is 3.68. The summed E-state index contributed by atoms with van der Waals surface area (Å²) < 4.78 is 0. The highest BCUT2D eigenvalue weighted by atomic mass is 32.1. The predicted octanol–water partition coefficient (Wildman–Crippen LogP) is 5.87. The summed E-state index contributed by atoms with van der Waals surface area (Å²) in [6.07, 6.45) is 0. The second kappa shape index (κ2) is 4.84. The molecule has 0 N–H and O–H groups in total. The molecule has 0 bridgehead atoms. The zero-order valence-corrected chi connectivity index (χ0v) is 15.0. The minimum Gasteiger partial charge on any atom is -0.143 e. The molecule has 0 aromatic heterocycles. The molecule has 0 fully saturated rings. The van der Waals surface area contributed by atoms with Gasteiger partial charge in [-0.2, -0.15) is 0 Å². The van der Waals surface area contributed by atoms with Gasteiger partial charge in [-0.25, -0.2) is 0 Å². The van der Waals surface area contributed by atoms with Crippen LogP contribution < -0.4 is 0 Å². The molecule has 1 aromatic rings. The van der Waals surface area contributed by atoms with Crippen molar-refractivity contribution >= 4 is 12.6 Å². The third-order valence-corrected chi connectivity index (χ3v) is 4.07. The second-order valence-electron chi connectivity index (χ2n) is 8.67. The Morgan fingerprint density at radius 2 is 0.947 bits per heavy atom. The molecule has 0 nitrogen and oxygen atoms in total. The third kappa shape index (κ3) is 3.78. The van der Waals surface area contributed by atoms with Crippen LogP contribution in [-0.4, -0.2) is 0 Å². The summed E-state index contributed by atoms with van der Waals surface area (Å²) in [5, 5.41) is 0. The lowest BCUT2D eigenvalue weighted by Crippen LogP contribution is -2.22. The Hall–Kier alpha value is -0.430. The van der Waals surface area contributed by atoms with Crippen LogP contribution in [0.25, 0.3) is 0 Å². The van der Waals surface area contributed by atoms with Crippen molar-refractivity contribution in [2.75, 3.05) is 0 Å². The molecule has 0 spiro atoms. The highest BCUT2D eigenvalue weighted by Crippen LogP contribution is 2.39. The molecule has 1 heteroatoms. The summed E-state index contributed by atoms with van der Waals surface area (Å²) in [6, 6.07) is 4.69. The van der Waals surface area contributed by atoms with Gasteiger partial charge in [-0.15, -0.1) is 12.6 Å². The van der Waals surface area contributed by atoms with E-state index >= 15 is 0 Å². The first-order valence-electron chi connectivity index (χ1n) is 7.13. The molecular formula is C18H30S. The van der Waals surface area contributed by atoms with E-state index in [9.17, 15) is 0 Å². The van der Waals surface area contributed by atoms with Gasteiger partial charge < -0.3 is 0 Å². The number of hydrogen-bond donors (Lipinski definition) is 1. The molecular weight excluding hydrogens is 248 g/mol. The molecule has 0 saturated carbocycles. The van der Waals surface area contributed by atoms with Crippen molar-refractivity contribution in [1.82, 2.24) is 0 Å². The van der Waals surface area contributed by atoms with Crippen molar-refractivity contribution in [3.05, 3.63) is 28.8 Å². The SMILES string of the molecule is CC(C)(C)c1cc(C(C)(C)C)c(S)c(C(C)(C)C)c1. The van der Waals surface area contributed by atoms with Crippen LogP contribution in [0.4, 0.5) is 0 Å². The van der Waals surface area contributed by atoms with Gasteiger partial charge in [-0.05, 0) is 32.9 Å². The molecule has 0 unspecified atom stereocenters. The zero-order chi connectivity index (χ0) is 15.2. The minimum absolute atomic E-state index is 0.123. The summed E-state index contributed by atoms with van der Waals surface area (Å²) in [5.41, 5.74) is 4.53. The lowest BCUT2D eigenvalue weighted by molar-refractivity contribution is 0.531. The van der Waals surface area contributed by atoms with Gasteiger partial charge in [0.1, 0.15) is 0 Å². The van der Waals surface area contributed by atoms with E-state index in [0.29, 0.717) is 0 Å².